The molecule has 1 aliphatic heterocycles. The molecule has 1 aliphatic rings. The van der Waals surface area contributed by atoms with Crippen molar-refractivity contribution in [2.75, 3.05) is 45.5 Å². The monoisotopic (exact) mass is 425 g/mol. The Kier molecular flexibility index (Phi) is 7.29. The second-order valence-electron chi connectivity index (χ2n) is 8.31. The van der Waals surface area contributed by atoms with Gasteiger partial charge in [0.15, 0.2) is 9.84 Å². The lowest BCUT2D eigenvalue weighted by atomic mass is 10.1. The summed E-state index contributed by atoms with van der Waals surface area (Å²) >= 11 is 0. The van der Waals surface area contributed by atoms with Gasteiger partial charge in [0.2, 0.25) is 0 Å². The van der Waals surface area contributed by atoms with Crippen LogP contribution in [-0.4, -0.2) is 81.3 Å². The maximum atomic E-state index is 12.5. The molecule has 1 N–H and O–H groups in total. The summed E-state index contributed by atoms with van der Waals surface area (Å²) in [5.74, 6) is -0.291. The molecule has 162 valence electrons. The van der Waals surface area contributed by atoms with Gasteiger partial charge >= 0.3 is 6.09 Å². The molecule has 1 aromatic rings. The third kappa shape index (κ3) is 7.01. The number of sulfone groups is 1. The van der Waals surface area contributed by atoms with E-state index in [1.165, 1.54) is 12.1 Å². The first kappa shape index (κ1) is 23.2. The summed E-state index contributed by atoms with van der Waals surface area (Å²) < 4.78 is 28.8. The van der Waals surface area contributed by atoms with Crippen LogP contribution in [0.1, 0.15) is 36.7 Å². The molecule has 29 heavy (non-hydrogen) atoms. The Morgan fingerprint density at radius 1 is 1.14 bits per heavy atom. The van der Waals surface area contributed by atoms with Crippen LogP contribution in [0.2, 0.25) is 0 Å². The van der Waals surface area contributed by atoms with Gasteiger partial charge in [0.1, 0.15) is 5.60 Å². The number of carbonyl (C=O) groups excluding carboxylic acids is 2. The van der Waals surface area contributed by atoms with Crippen molar-refractivity contribution in [1.82, 2.24) is 15.1 Å². The van der Waals surface area contributed by atoms with Crippen molar-refractivity contribution < 1.29 is 22.7 Å². The van der Waals surface area contributed by atoms with Gasteiger partial charge in [-0.2, -0.15) is 0 Å². The summed E-state index contributed by atoms with van der Waals surface area (Å²) in [6.45, 7) is 11.0. The van der Waals surface area contributed by atoms with Crippen LogP contribution in [0.15, 0.2) is 23.1 Å². The number of carbonyl (C=O) groups is 2. The molecule has 0 spiro atoms. The molecular formula is C20H31N3O5S. The van der Waals surface area contributed by atoms with Gasteiger partial charge in [-0.05, 0) is 45.4 Å². The van der Waals surface area contributed by atoms with E-state index in [1.54, 1.807) is 17.9 Å². The zero-order chi connectivity index (χ0) is 21.8. The molecule has 1 aromatic carbocycles. The first-order valence-corrected chi connectivity index (χ1v) is 11.5. The fraction of sp³-hybridized carbons (Fsp3) is 0.600. The smallest absolute Gasteiger partial charge is 0.410 e. The summed E-state index contributed by atoms with van der Waals surface area (Å²) in [5.41, 5.74) is 0.578. The van der Waals surface area contributed by atoms with Crippen molar-refractivity contribution in [3.8, 4) is 0 Å². The average molecular weight is 426 g/mol. The SMILES string of the molecule is Cc1ccc(S(C)(=O)=O)cc1C(=O)NCCN1CCN(C(=O)OC(C)(C)C)CC1. The number of nitrogens with one attached hydrogen (secondary N) is 1. The lowest BCUT2D eigenvalue weighted by molar-refractivity contribution is 0.0147. The lowest BCUT2D eigenvalue weighted by Gasteiger charge is -2.35. The number of piperazine rings is 1. The molecule has 0 aliphatic carbocycles. The standard InChI is InChI=1S/C20H31N3O5S/c1-15-6-7-16(29(5,26)27)14-17(15)18(24)21-8-9-22-10-12-23(13-11-22)19(25)28-20(2,3)4/h6-7,14H,8-13H2,1-5H3,(H,21,24). The van der Waals surface area contributed by atoms with Gasteiger partial charge < -0.3 is 15.0 Å². The Morgan fingerprint density at radius 2 is 1.76 bits per heavy atom. The fourth-order valence-corrected chi connectivity index (χ4v) is 3.63. The van der Waals surface area contributed by atoms with Crippen molar-refractivity contribution in [2.24, 2.45) is 0 Å². The summed E-state index contributed by atoms with van der Waals surface area (Å²) in [6.07, 6.45) is 0.822. The number of hydrogen-bond acceptors (Lipinski definition) is 6. The number of hydrogen-bond donors (Lipinski definition) is 1. The van der Waals surface area contributed by atoms with Crippen LogP contribution in [0, 0.1) is 6.92 Å². The molecule has 8 nitrogen and oxygen atoms in total. The van der Waals surface area contributed by atoms with Crippen molar-refractivity contribution >= 4 is 21.8 Å². The Morgan fingerprint density at radius 3 is 2.31 bits per heavy atom. The van der Waals surface area contributed by atoms with E-state index in [4.69, 9.17) is 4.74 Å². The highest BCUT2D eigenvalue weighted by molar-refractivity contribution is 7.90. The predicted molar refractivity (Wildman–Crippen MR) is 111 cm³/mol. The summed E-state index contributed by atoms with van der Waals surface area (Å²) in [5, 5.41) is 2.85. The molecule has 2 rings (SSSR count). The zero-order valence-corrected chi connectivity index (χ0v) is 18.6. The van der Waals surface area contributed by atoms with Gasteiger partial charge in [0.25, 0.3) is 5.91 Å². The van der Waals surface area contributed by atoms with Crippen LogP contribution in [0.5, 0.6) is 0 Å². The van der Waals surface area contributed by atoms with Crippen molar-refractivity contribution in [2.45, 2.75) is 38.2 Å². The van der Waals surface area contributed by atoms with Crippen LogP contribution < -0.4 is 5.32 Å². The second-order valence-corrected chi connectivity index (χ2v) is 10.3. The normalized spacial score (nSPS) is 15.8. The number of aryl methyl sites for hydroxylation is 1. The first-order valence-electron chi connectivity index (χ1n) is 9.66. The highest BCUT2D eigenvalue weighted by atomic mass is 32.2. The number of ether oxygens (including phenoxy) is 1. The molecular weight excluding hydrogens is 394 g/mol. The molecule has 0 aromatic heterocycles. The van der Waals surface area contributed by atoms with Crippen molar-refractivity contribution in [3.63, 3.8) is 0 Å². The van der Waals surface area contributed by atoms with E-state index in [0.29, 0.717) is 44.8 Å². The second kappa shape index (κ2) is 9.13. The summed E-state index contributed by atoms with van der Waals surface area (Å²) in [7, 11) is -3.37. The molecule has 1 saturated heterocycles. The fourth-order valence-electron chi connectivity index (χ4n) is 2.98. The van der Waals surface area contributed by atoms with Crippen LogP contribution in [-0.2, 0) is 14.6 Å². The largest absolute Gasteiger partial charge is 0.444 e. The van der Waals surface area contributed by atoms with Gasteiger partial charge in [-0.3, -0.25) is 9.69 Å². The first-order chi connectivity index (χ1) is 13.4. The van der Waals surface area contributed by atoms with Gasteiger partial charge in [-0.15, -0.1) is 0 Å². The maximum absolute atomic E-state index is 12.5. The minimum Gasteiger partial charge on any atom is -0.444 e. The molecule has 0 bridgehead atoms. The topological polar surface area (TPSA) is 96.0 Å². The minimum absolute atomic E-state index is 0.131. The quantitative estimate of drug-likeness (QED) is 0.771. The highest BCUT2D eigenvalue weighted by Crippen LogP contribution is 2.16. The third-order valence-electron chi connectivity index (χ3n) is 4.62. The molecule has 0 atom stereocenters. The number of benzene rings is 1. The Hall–Kier alpha value is -2.13. The van der Waals surface area contributed by atoms with E-state index in [-0.39, 0.29) is 16.9 Å². The van der Waals surface area contributed by atoms with E-state index in [1.807, 2.05) is 20.8 Å². The highest BCUT2D eigenvalue weighted by Gasteiger charge is 2.25. The van der Waals surface area contributed by atoms with Gasteiger partial charge in [0, 0.05) is 51.1 Å². The Balaban J connectivity index is 1.81. The van der Waals surface area contributed by atoms with Crippen LogP contribution in [0.3, 0.4) is 0 Å². The average Bonchev–Trinajstić information content (AvgIpc) is 2.60. The third-order valence-corrected chi connectivity index (χ3v) is 5.73. The van der Waals surface area contributed by atoms with Crippen LogP contribution in [0.25, 0.3) is 0 Å². The Bertz CT molecular complexity index is 853. The molecule has 1 fully saturated rings. The molecule has 2 amide bonds. The molecule has 0 saturated carbocycles. The van der Waals surface area contributed by atoms with Crippen LogP contribution >= 0.6 is 0 Å². The molecule has 0 radical (unpaired) electrons. The maximum Gasteiger partial charge on any atom is 0.410 e. The summed E-state index contributed by atoms with van der Waals surface area (Å²) in [4.78, 5) is 28.6. The van der Waals surface area contributed by atoms with Crippen molar-refractivity contribution in [3.05, 3.63) is 29.3 Å². The number of rotatable bonds is 5. The predicted octanol–water partition coefficient (Wildman–Crippen LogP) is 1.68. The minimum atomic E-state index is -3.37. The molecule has 9 heteroatoms. The van der Waals surface area contributed by atoms with E-state index in [0.717, 1.165) is 11.8 Å². The number of amides is 2. The van der Waals surface area contributed by atoms with E-state index in [2.05, 4.69) is 10.2 Å². The Labute approximate surface area is 173 Å². The lowest BCUT2D eigenvalue weighted by Crippen LogP contribution is -2.51. The van der Waals surface area contributed by atoms with E-state index >= 15 is 0 Å². The van der Waals surface area contributed by atoms with Gasteiger partial charge in [0.05, 0.1) is 4.90 Å². The molecule has 0 unspecified atom stereocenters. The van der Waals surface area contributed by atoms with Gasteiger partial charge in [-0.1, -0.05) is 6.07 Å². The van der Waals surface area contributed by atoms with E-state index < -0.39 is 15.4 Å². The van der Waals surface area contributed by atoms with Gasteiger partial charge in [-0.25, -0.2) is 13.2 Å². The van der Waals surface area contributed by atoms with E-state index in [9.17, 15) is 18.0 Å². The molecule has 1 heterocycles. The zero-order valence-electron chi connectivity index (χ0n) is 17.8. The van der Waals surface area contributed by atoms with Crippen molar-refractivity contribution in [1.29, 1.82) is 0 Å². The number of nitrogens with zero attached hydrogens (tertiary/aromatic N) is 2. The summed E-state index contributed by atoms with van der Waals surface area (Å²) in [6, 6.07) is 4.56. The van der Waals surface area contributed by atoms with Crippen LogP contribution in [0.4, 0.5) is 4.79 Å².